The number of benzene rings is 1. The molecule has 0 N–H and O–H groups in total. The van der Waals surface area contributed by atoms with Gasteiger partial charge in [0.05, 0.1) is 18.7 Å². The molecule has 2 heterocycles. The lowest BCUT2D eigenvalue weighted by molar-refractivity contribution is -0.144. The van der Waals surface area contributed by atoms with E-state index in [9.17, 15) is 4.79 Å². The van der Waals surface area contributed by atoms with Gasteiger partial charge in [0, 0.05) is 23.5 Å². The van der Waals surface area contributed by atoms with Gasteiger partial charge in [-0.3, -0.25) is 9.78 Å². The van der Waals surface area contributed by atoms with E-state index in [2.05, 4.69) is 15.1 Å². The molecule has 0 aliphatic heterocycles. The molecule has 0 radical (unpaired) electrons. The molecule has 0 fully saturated rings. The summed E-state index contributed by atoms with van der Waals surface area (Å²) in [5, 5.41) is 4.90. The maximum absolute atomic E-state index is 11.9. The lowest BCUT2D eigenvalue weighted by atomic mass is 10.2. The third kappa shape index (κ3) is 3.83. The van der Waals surface area contributed by atoms with Crippen LogP contribution in [0.25, 0.3) is 22.8 Å². The number of nitrogens with zero attached hydrogens (tertiary/aromatic N) is 4. The van der Waals surface area contributed by atoms with Gasteiger partial charge in [-0.25, -0.2) is 9.67 Å². The van der Waals surface area contributed by atoms with Crippen LogP contribution < -0.4 is 4.74 Å². The first-order chi connectivity index (χ1) is 12.6. The van der Waals surface area contributed by atoms with Crippen molar-refractivity contribution in [2.45, 2.75) is 13.5 Å². The molecule has 0 amide bonds. The van der Waals surface area contributed by atoms with Crippen LogP contribution in [0.3, 0.4) is 0 Å². The van der Waals surface area contributed by atoms with Crippen molar-refractivity contribution in [2.24, 2.45) is 0 Å². The van der Waals surface area contributed by atoms with Gasteiger partial charge < -0.3 is 9.47 Å². The molecule has 0 aliphatic rings. The molecule has 3 aromatic rings. The van der Waals surface area contributed by atoms with Gasteiger partial charge in [0.15, 0.2) is 11.6 Å². The van der Waals surface area contributed by atoms with Gasteiger partial charge in [-0.05, 0) is 37.3 Å². The molecule has 134 valence electrons. The second-order valence-electron chi connectivity index (χ2n) is 5.31. The van der Waals surface area contributed by atoms with Gasteiger partial charge >= 0.3 is 5.97 Å². The van der Waals surface area contributed by atoms with Gasteiger partial charge in [0.25, 0.3) is 0 Å². The summed E-state index contributed by atoms with van der Waals surface area (Å²) in [6.07, 6.45) is 3.32. The SMILES string of the molecule is CCOC(=O)Cn1nc(-c2ccncc2)nc1-c1ccc(OC)c(Cl)c1. The van der Waals surface area contributed by atoms with E-state index in [0.717, 1.165) is 5.56 Å². The number of carbonyl (C=O) groups excluding carboxylic acids is 1. The van der Waals surface area contributed by atoms with E-state index >= 15 is 0 Å². The van der Waals surface area contributed by atoms with E-state index in [1.165, 1.54) is 4.68 Å². The molecular weight excluding hydrogens is 356 g/mol. The van der Waals surface area contributed by atoms with Gasteiger partial charge in [0.1, 0.15) is 12.3 Å². The zero-order valence-corrected chi connectivity index (χ0v) is 15.1. The minimum atomic E-state index is -0.389. The summed E-state index contributed by atoms with van der Waals surface area (Å²) in [4.78, 5) is 20.5. The molecule has 0 saturated heterocycles. The van der Waals surface area contributed by atoms with Crippen molar-refractivity contribution in [1.82, 2.24) is 19.7 Å². The average Bonchev–Trinajstić information content (AvgIpc) is 3.06. The minimum absolute atomic E-state index is 0.0507. The van der Waals surface area contributed by atoms with Crippen LogP contribution in [-0.2, 0) is 16.1 Å². The molecule has 0 saturated carbocycles. The highest BCUT2D eigenvalue weighted by molar-refractivity contribution is 6.32. The monoisotopic (exact) mass is 372 g/mol. The van der Waals surface area contributed by atoms with E-state index in [1.807, 2.05) is 6.07 Å². The lowest BCUT2D eigenvalue weighted by Gasteiger charge is -2.07. The maximum Gasteiger partial charge on any atom is 0.327 e. The molecule has 26 heavy (non-hydrogen) atoms. The average molecular weight is 373 g/mol. The summed E-state index contributed by atoms with van der Waals surface area (Å²) in [6, 6.07) is 8.88. The molecule has 1 aromatic carbocycles. The fraction of sp³-hybridized carbons (Fsp3) is 0.222. The fourth-order valence-corrected chi connectivity index (χ4v) is 2.68. The second-order valence-corrected chi connectivity index (χ2v) is 5.71. The van der Waals surface area contributed by atoms with E-state index in [4.69, 9.17) is 21.1 Å². The summed E-state index contributed by atoms with van der Waals surface area (Å²) in [5.74, 6) is 1.16. The molecule has 0 spiro atoms. The molecule has 2 aromatic heterocycles. The molecule has 0 unspecified atom stereocenters. The van der Waals surface area contributed by atoms with E-state index in [0.29, 0.717) is 34.6 Å². The zero-order chi connectivity index (χ0) is 18.5. The molecule has 0 atom stereocenters. The number of ether oxygens (including phenoxy) is 2. The van der Waals surface area contributed by atoms with E-state index < -0.39 is 0 Å². The van der Waals surface area contributed by atoms with E-state index in [1.54, 1.807) is 50.7 Å². The number of hydrogen-bond donors (Lipinski definition) is 0. The van der Waals surface area contributed by atoms with Crippen molar-refractivity contribution in [3.8, 4) is 28.5 Å². The van der Waals surface area contributed by atoms with Crippen molar-refractivity contribution in [3.63, 3.8) is 0 Å². The highest BCUT2D eigenvalue weighted by atomic mass is 35.5. The van der Waals surface area contributed by atoms with Crippen molar-refractivity contribution >= 4 is 17.6 Å². The van der Waals surface area contributed by atoms with Crippen LogP contribution in [0.4, 0.5) is 0 Å². The van der Waals surface area contributed by atoms with E-state index in [-0.39, 0.29) is 12.5 Å². The smallest absolute Gasteiger partial charge is 0.327 e. The molecule has 7 nitrogen and oxygen atoms in total. The number of rotatable bonds is 6. The summed E-state index contributed by atoms with van der Waals surface area (Å²) < 4.78 is 11.7. The first-order valence-corrected chi connectivity index (χ1v) is 8.35. The molecule has 8 heteroatoms. The predicted octanol–water partition coefficient (Wildman–Crippen LogP) is 3.23. The van der Waals surface area contributed by atoms with Crippen molar-refractivity contribution in [1.29, 1.82) is 0 Å². The topological polar surface area (TPSA) is 79.1 Å². The quantitative estimate of drug-likeness (QED) is 0.618. The zero-order valence-electron chi connectivity index (χ0n) is 14.3. The molecule has 0 aliphatic carbocycles. The summed E-state index contributed by atoms with van der Waals surface area (Å²) in [5.41, 5.74) is 1.51. The van der Waals surface area contributed by atoms with Crippen LogP contribution >= 0.6 is 11.6 Å². The minimum Gasteiger partial charge on any atom is -0.495 e. The first kappa shape index (κ1) is 17.9. The van der Waals surface area contributed by atoms with Crippen LogP contribution in [0.2, 0.25) is 5.02 Å². The second kappa shape index (κ2) is 7.97. The van der Waals surface area contributed by atoms with Crippen LogP contribution in [0.1, 0.15) is 6.92 Å². The Kier molecular flexibility index (Phi) is 5.48. The molecule has 0 bridgehead atoms. The Morgan fingerprint density at radius 3 is 2.62 bits per heavy atom. The maximum atomic E-state index is 11.9. The number of halogens is 1. The lowest BCUT2D eigenvalue weighted by Crippen LogP contribution is -2.15. The summed E-state index contributed by atoms with van der Waals surface area (Å²) in [6.45, 7) is 2.01. The Morgan fingerprint density at radius 2 is 1.96 bits per heavy atom. The van der Waals surface area contributed by atoms with Gasteiger partial charge in [-0.1, -0.05) is 11.6 Å². The Balaban J connectivity index is 2.05. The Labute approximate surface area is 155 Å². The van der Waals surface area contributed by atoms with Gasteiger partial charge in [0.2, 0.25) is 0 Å². The number of esters is 1. The van der Waals surface area contributed by atoms with Crippen molar-refractivity contribution in [3.05, 3.63) is 47.7 Å². The largest absolute Gasteiger partial charge is 0.495 e. The number of methoxy groups -OCH3 is 1. The first-order valence-electron chi connectivity index (χ1n) is 7.97. The molecule has 3 rings (SSSR count). The number of pyridine rings is 1. The van der Waals surface area contributed by atoms with Crippen LogP contribution in [0, 0.1) is 0 Å². The summed E-state index contributed by atoms with van der Waals surface area (Å²) >= 11 is 6.23. The van der Waals surface area contributed by atoms with Crippen LogP contribution in [0.5, 0.6) is 5.75 Å². The third-order valence-electron chi connectivity index (χ3n) is 3.60. The highest BCUT2D eigenvalue weighted by Crippen LogP contribution is 2.30. The normalized spacial score (nSPS) is 10.6. The highest BCUT2D eigenvalue weighted by Gasteiger charge is 2.17. The van der Waals surface area contributed by atoms with Crippen LogP contribution in [-0.4, -0.2) is 39.4 Å². The molecular formula is C18H17ClN4O3. The van der Waals surface area contributed by atoms with Gasteiger partial charge in [-0.2, -0.15) is 0 Å². The van der Waals surface area contributed by atoms with Gasteiger partial charge in [-0.15, -0.1) is 5.10 Å². The van der Waals surface area contributed by atoms with Crippen LogP contribution in [0.15, 0.2) is 42.7 Å². The number of hydrogen-bond acceptors (Lipinski definition) is 6. The predicted molar refractivity (Wildman–Crippen MR) is 96.9 cm³/mol. The third-order valence-corrected chi connectivity index (χ3v) is 3.90. The Morgan fingerprint density at radius 1 is 1.19 bits per heavy atom. The number of aromatic nitrogens is 4. The Bertz CT molecular complexity index is 912. The summed E-state index contributed by atoms with van der Waals surface area (Å²) in [7, 11) is 1.55. The fourth-order valence-electron chi connectivity index (χ4n) is 2.42. The Hall–Kier alpha value is -2.93. The van der Waals surface area contributed by atoms with Crippen molar-refractivity contribution < 1.29 is 14.3 Å². The number of carbonyl (C=O) groups is 1. The standard InChI is InChI=1S/C18H17ClN4O3/c1-3-26-16(24)11-23-18(13-4-5-15(25-2)14(19)10-13)21-17(22-23)12-6-8-20-9-7-12/h4-10H,3,11H2,1-2H3. The van der Waals surface area contributed by atoms with Crippen molar-refractivity contribution in [2.75, 3.05) is 13.7 Å².